The van der Waals surface area contributed by atoms with E-state index >= 15 is 0 Å². The molecule has 1 aromatic heterocycles. The quantitative estimate of drug-likeness (QED) is 0.902. The summed E-state index contributed by atoms with van der Waals surface area (Å²) in [5.41, 5.74) is 9.21. The summed E-state index contributed by atoms with van der Waals surface area (Å²) in [6, 6.07) is 9.98. The monoisotopic (exact) mass is 256 g/mol. The van der Waals surface area contributed by atoms with Crippen LogP contribution in [0.2, 0.25) is 0 Å². The number of nitrogens with two attached hydrogens (primary N) is 1. The predicted molar refractivity (Wildman–Crippen MR) is 77.4 cm³/mol. The van der Waals surface area contributed by atoms with E-state index in [-0.39, 0.29) is 6.04 Å². The number of hydrogen-bond donors (Lipinski definition) is 1. The zero-order chi connectivity index (χ0) is 13.8. The molecule has 19 heavy (non-hydrogen) atoms. The van der Waals surface area contributed by atoms with Crippen LogP contribution < -0.4 is 10.5 Å². The highest BCUT2D eigenvalue weighted by Gasteiger charge is 2.05. The number of nitrogens with zero attached hydrogens (tertiary/aromatic N) is 1. The summed E-state index contributed by atoms with van der Waals surface area (Å²) in [6.45, 7) is 6.16. The summed E-state index contributed by atoms with van der Waals surface area (Å²) < 4.78 is 5.81. The Kier molecular flexibility index (Phi) is 4.17. The Morgan fingerprint density at radius 3 is 2.32 bits per heavy atom. The van der Waals surface area contributed by atoms with Crippen molar-refractivity contribution < 1.29 is 4.74 Å². The Morgan fingerprint density at radius 1 is 1.11 bits per heavy atom. The Bertz CT molecular complexity index is 529. The van der Waals surface area contributed by atoms with Crippen LogP contribution in [-0.4, -0.2) is 4.98 Å². The Labute approximate surface area is 114 Å². The number of aromatic nitrogens is 1. The number of aryl methyl sites for hydroxylation is 2. The molecule has 0 bridgehead atoms. The Balaban J connectivity index is 2.15. The lowest BCUT2D eigenvalue weighted by atomic mass is 10.1. The molecule has 1 aromatic carbocycles. The van der Waals surface area contributed by atoms with E-state index in [0.29, 0.717) is 0 Å². The van der Waals surface area contributed by atoms with Crippen LogP contribution in [0.5, 0.6) is 11.5 Å². The van der Waals surface area contributed by atoms with Crippen LogP contribution in [0.15, 0.2) is 36.5 Å². The van der Waals surface area contributed by atoms with Gasteiger partial charge in [0, 0.05) is 6.04 Å². The highest BCUT2D eigenvalue weighted by atomic mass is 16.5. The van der Waals surface area contributed by atoms with Gasteiger partial charge >= 0.3 is 0 Å². The molecule has 100 valence electrons. The molecule has 1 unspecified atom stereocenters. The number of hydrogen-bond acceptors (Lipinski definition) is 3. The first kappa shape index (κ1) is 13.6. The molecule has 2 rings (SSSR count). The van der Waals surface area contributed by atoms with E-state index in [0.717, 1.165) is 23.6 Å². The molecule has 2 N–H and O–H groups in total. The van der Waals surface area contributed by atoms with Gasteiger partial charge in [-0.05, 0) is 55.7 Å². The summed E-state index contributed by atoms with van der Waals surface area (Å²) in [6.07, 6.45) is 2.60. The van der Waals surface area contributed by atoms with Crippen LogP contribution in [-0.2, 0) is 0 Å². The fraction of sp³-hybridized carbons (Fsp3) is 0.312. The smallest absolute Gasteiger partial charge is 0.145 e. The van der Waals surface area contributed by atoms with Crippen molar-refractivity contribution in [1.82, 2.24) is 4.98 Å². The summed E-state index contributed by atoms with van der Waals surface area (Å²) in [4.78, 5) is 4.34. The third kappa shape index (κ3) is 3.55. The Morgan fingerprint density at radius 2 is 1.79 bits per heavy atom. The largest absolute Gasteiger partial charge is 0.456 e. The van der Waals surface area contributed by atoms with Crippen molar-refractivity contribution in [2.75, 3.05) is 0 Å². The summed E-state index contributed by atoms with van der Waals surface area (Å²) in [7, 11) is 0. The first-order chi connectivity index (χ1) is 9.08. The Hall–Kier alpha value is -1.87. The average Bonchev–Trinajstić information content (AvgIpc) is 2.37. The van der Waals surface area contributed by atoms with Gasteiger partial charge in [-0.3, -0.25) is 4.98 Å². The van der Waals surface area contributed by atoms with Crippen LogP contribution in [0, 0.1) is 13.8 Å². The van der Waals surface area contributed by atoms with Gasteiger partial charge in [0.2, 0.25) is 0 Å². The van der Waals surface area contributed by atoms with Crippen molar-refractivity contribution >= 4 is 0 Å². The number of rotatable bonds is 4. The first-order valence-electron chi connectivity index (χ1n) is 6.56. The van der Waals surface area contributed by atoms with Gasteiger partial charge < -0.3 is 10.5 Å². The lowest BCUT2D eigenvalue weighted by molar-refractivity contribution is 0.478. The zero-order valence-corrected chi connectivity index (χ0v) is 11.7. The number of ether oxygens (including phenoxy) is 1. The molecule has 0 fully saturated rings. The van der Waals surface area contributed by atoms with Gasteiger partial charge in [-0.1, -0.05) is 13.0 Å². The highest BCUT2D eigenvalue weighted by Crippen LogP contribution is 2.24. The van der Waals surface area contributed by atoms with Crippen molar-refractivity contribution in [2.24, 2.45) is 5.73 Å². The highest BCUT2D eigenvalue weighted by molar-refractivity contribution is 5.36. The van der Waals surface area contributed by atoms with E-state index in [9.17, 15) is 0 Å². The molecule has 0 aliphatic carbocycles. The molecule has 0 saturated heterocycles. The molecular weight excluding hydrogens is 236 g/mol. The van der Waals surface area contributed by atoms with Crippen molar-refractivity contribution in [2.45, 2.75) is 33.2 Å². The van der Waals surface area contributed by atoms with Gasteiger partial charge in [-0.15, -0.1) is 0 Å². The van der Waals surface area contributed by atoms with Gasteiger partial charge in [0.1, 0.15) is 11.5 Å². The third-order valence-electron chi connectivity index (χ3n) is 3.01. The van der Waals surface area contributed by atoms with Gasteiger partial charge in [0.15, 0.2) is 0 Å². The van der Waals surface area contributed by atoms with E-state index in [2.05, 4.69) is 24.9 Å². The second kappa shape index (κ2) is 5.85. The SMILES string of the molecule is CCC(N)c1ccc(Oc2cc(C)cc(C)c2)cn1. The van der Waals surface area contributed by atoms with Crippen LogP contribution >= 0.6 is 0 Å². The fourth-order valence-electron chi connectivity index (χ4n) is 2.01. The van der Waals surface area contributed by atoms with Gasteiger partial charge in [-0.25, -0.2) is 0 Å². The minimum absolute atomic E-state index is 0.00439. The van der Waals surface area contributed by atoms with Gasteiger partial charge in [-0.2, -0.15) is 0 Å². The molecule has 1 heterocycles. The molecule has 0 radical (unpaired) electrons. The first-order valence-corrected chi connectivity index (χ1v) is 6.56. The molecule has 0 aliphatic rings. The maximum atomic E-state index is 5.93. The van der Waals surface area contributed by atoms with E-state index in [4.69, 9.17) is 10.5 Å². The second-order valence-electron chi connectivity index (χ2n) is 4.86. The number of benzene rings is 1. The lowest BCUT2D eigenvalue weighted by Crippen LogP contribution is -2.10. The van der Waals surface area contributed by atoms with Crippen molar-refractivity contribution in [3.8, 4) is 11.5 Å². The molecule has 2 aromatic rings. The molecule has 0 amide bonds. The zero-order valence-electron chi connectivity index (χ0n) is 11.7. The lowest BCUT2D eigenvalue weighted by Gasteiger charge is -2.10. The van der Waals surface area contributed by atoms with Crippen molar-refractivity contribution in [3.05, 3.63) is 53.3 Å². The average molecular weight is 256 g/mol. The van der Waals surface area contributed by atoms with Crippen molar-refractivity contribution in [3.63, 3.8) is 0 Å². The molecule has 0 spiro atoms. The van der Waals surface area contributed by atoms with E-state index in [1.165, 1.54) is 11.1 Å². The van der Waals surface area contributed by atoms with Crippen molar-refractivity contribution in [1.29, 1.82) is 0 Å². The standard InChI is InChI=1S/C16H20N2O/c1-4-15(17)16-6-5-13(10-18-16)19-14-8-11(2)7-12(3)9-14/h5-10,15H,4,17H2,1-3H3. The molecular formula is C16H20N2O. The maximum absolute atomic E-state index is 5.93. The van der Waals surface area contributed by atoms with Crippen LogP contribution in [0.25, 0.3) is 0 Å². The normalized spacial score (nSPS) is 12.2. The fourth-order valence-corrected chi connectivity index (χ4v) is 2.01. The number of pyridine rings is 1. The summed E-state index contributed by atoms with van der Waals surface area (Å²) in [5.74, 6) is 1.57. The van der Waals surface area contributed by atoms with Gasteiger partial charge in [0.25, 0.3) is 0 Å². The molecule has 0 saturated carbocycles. The van der Waals surface area contributed by atoms with Crippen LogP contribution in [0.4, 0.5) is 0 Å². The minimum Gasteiger partial charge on any atom is -0.456 e. The summed E-state index contributed by atoms with van der Waals surface area (Å²) >= 11 is 0. The van der Waals surface area contributed by atoms with E-state index in [1.54, 1.807) is 6.20 Å². The molecule has 3 nitrogen and oxygen atoms in total. The molecule has 3 heteroatoms. The minimum atomic E-state index is -0.00439. The molecule has 0 aliphatic heterocycles. The van der Waals surface area contributed by atoms with Crippen LogP contribution in [0.3, 0.4) is 0 Å². The third-order valence-corrected chi connectivity index (χ3v) is 3.01. The van der Waals surface area contributed by atoms with E-state index < -0.39 is 0 Å². The van der Waals surface area contributed by atoms with Crippen LogP contribution in [0.1, 0.15) is 36.2 Å². The van der Waals surface area contributed by atoms with Gasteiger partial charge in [0.05, 0.1) is 11.9 Å². The molecule has 1 atom stereocenters. The maximum Gasteiger partial charge on any atom is 0.145 e. The van der Waals surface area contributed by atoms with E-state index in [1.807, 2.05) is 31.2 Å². The summed E-state index contributed by atoms with van der Waals surface area (Å²) in [5, 5.41) is 0. The second-order valence-corrected chi connectivity index (χ2v) is 4.86. The predicted octanol–water partition coefficient (Wildman–Crippen LogP) is 3.90. The topological polar surface area (TPSA) is 48.1 Å².